The average molecular weight is 268 g/mol. The normalized spacial score (nSPS) is 10.6. The molecule has 0 bridgehead atoms. The van der Waals surface area contributed by atoms with E-state index in [2.05, 4.69) is 5.10 Å². The molecule has 3 aromatic rings. The first-order chi connectivity index (χ1) is 9.74. The lowest BCUT2D eigenvalue weighted by atomic mass is 10.2. The number of furan rings is 1. The molecule has 0 saturated heterocycles. The molecule has 0 aliphatic carbocycles. The number of carbonyl (C=O) groups is 1. The Hall–Kier alpha value is -2.82. The van der Waals surface area contributed by atoms with Crippen LogP contribution in [0.5, 0.6) is 0 Å². The maximum atomic E-state index is 11.3. The Balaban J connectivity index is 1.98. The number of hydrogen-bond acceptors (Lipinski definition) is 3. The van der Waals surface area contributed by atoms with Crippen molar-refractivity contribution in [3.05, 3.63) is 66.1 Å². The fourth-order valence-corrected chi connectivity index (χ4v) is 2.02. The Labute approximate surface area is 115 Å². The van der Waals surface area contributed by atoms with E-state index in [1.54, 1.807) is 16.8 Å². The first-order valence-corrected chi connectivity index (χ1v) is 6.12. The zero-order valence-electron chi connectivity index (χ0n) is 10.6. The van der Waals surface area contributed by atoms with E-state index in [-0.39, 0.29) is 5.56 Å². The van der Waals surface area contributed by atoms with E-state index >= 15 is 0 Å². The van der Waals surface area contributed by atoms with E-state index < -0.39 is 5.97 Å². The van der Waals surface area contributed by atoms with Gasteiger partial charge in [0.2, 0.25) is 0 Å². The SMILES string of the molecule is O=C(O)c1cn(Cc2ccccc2)nc1-c1ccco1. The van der Waals surface area contributed by atoms with Crippen molar-refractivity contribution in [1.82, 2.24) is 9.78 Å². The van der Waals surface area contributed by atoms with E-state index in [0.29, 0.717) is 18.0 Å². The molecule has 5 nitrogen and oxygen atoms in total. The van der Waals surface area contributed by atoms with Gasteiger partial charge in [-0.05, 0) is 17.7 Å². The Bertz CT molecular complexity index is 715. The minimum Gasteiger partial charge on any atom is -0.478 e. The van der Waals surface area contributed by atoms with Crippen LogP contribution in [0.25, 0.3) is 11.5 Å². The van der Waals surface area contributed by atoms with E-state index in [9.17, 15) is 9.90 Å². The van der Waals surface area contributed by atoms with Gasteiger partial charge in [0.1, 0.15) is 11.3 Å². The second-order valence-electron chi connectivity index (χ2n) is 4.36. The van der Waals surface area contributed by atoms with E-state index in [4.69, 9.17) is 4.42 Å². The molecule has 2 heterocycles. The zero-order chi connectivity index (χ0) is 13.9. The van der Waals surface area contributed by atoms with Crippen molar-refractivity contribution in [3.63, 3.8) is 0 Å². The largest absolute Gasteiger partial charge is 0.478 e. The Morgan fingerprint density at radius 1 is 1.20 bits per heavy atom. The van der Waals surface area contributed by atoms with Crippen LogP contribution in [0.2, 0.25) is 0 Å². The molecule has 1 N–H and O–H groups in total. The molecule has 5 heteroatoms. The van der Waals surface area contributed by atoms with Gasteiger partial charge in [-0.2, -0.15) is 5.10 Å². The number of aromatic carboxylic acids is 1. The highest BCUT2D eigenvalue weighted by Crippen LogP contribution is 2.22. The van der Waals surface area contributed by atoms with E-state index in [1.807, 2.05) is 30.3 Å². The highest BCUT2D eigenvalue weighted by atomic mass is 16.4. The molecule has 0 spiro atoms. The molecule has 20 heavy (non-hydrogen) atoms. The summed E-state index contributed by atoms with van der Waals surface area (Å²) in [5, 5.41) is 13.6. The van der Waals surface area contributed by atoms with Gasteiger partial charge in [0.15, 0.2) is 5.76 Å². The summed E-state index contributed by atoms with van der Waals surface area (Å²) in [4.78, 5) is 11.3. The Kier molecular flexibility index (Phi) is 3.09. The summed E-state index contributed by atoms with van der Waals surface area (Å²) < 4.78 is 6.84. The summed E-state index contributed by atoms with van der Waals surface area (Å²) in [5.41, 5.74) is 1.53. The smallest absolute Gasteiger partial charge is 0.339 e. The topological polar surface area (TPSA) is 68.3 Å². The first-order valence-electron chi connectivity index (χ1n) is 6.12. The highest BCUT2D eigenvalue weighted by Gasteiger charge is 2.18. The van der Waals surface area contributed by atoms with Crippen LogP contribution in [-0.2, 0) is 6.54 Å². The van der Waals surface area contributed by atoms with Crippen molar-refractivity contribution >= 4 is 5.97 Å². The minimum atomic E-state index is -1.02. The van der Waals surface area contributed by atoms with Crippen LogP contribution < -0.4 is 0 Å². The fourth-order valence-electron chi connectivity index (χ4n) is 2.02. The summed E-state index contributed by atoms with van der Waals surface area (Å²) in [6, 6.07) is 13.1. The summed E-state index contributed by atoms with van der Waals surface area (Å²) >= 11 is 0. The molecule has 0 unspecified atom stereocenters. The molecule has 0 atom stereocenters. The fraction of sp³-hybridized carbons (Fsp3) is 0.0667. The second-order valence-corrected chi connectivity index (χ2v) is 4.36. The van der Waals surface area contributed by atoms with E-state index in [1.165, 1.54) is 12.5 Å². The van der Waals surface area contributed by atoms with Crippen molar-refractivity contribution in [2.45, 2.75) is 6.54 Å². The second kappa shape index (κ2) is 5.05. The summed E-state index contributed by atoms with van der Waals surface area (Å²) in [6.45, 7) is 0.516. The van der Waals surface area contributed by atoms with Crippen molar-refractivity contribution < 1.29 is 14.3 Å². The molecular formula is C15H12N2O3. The van der Waals surface area contributed by atoms with Crippen LogP contribution >= 0.6 is 0 Å². The summed E-state index contributed by atoms with van der Waals surface area (Å²) in [7, 11) is 0. The number of rotatable bonds is 4. The number of hydrogen-bond donors (Lipinski definition) is 1. The third-order valence-electron chi connectivity index (χ3n) is 2.93. The number of benzene rings is 1. The van der Waals surface area contributed by atoms with Crippen molar-refractivity contribution in [3.8, 4) is 11.5 Å². The van der Waals surface area contributed by atoms with Gasteiger partial charge in [-0.15, -0.1) is 0 Å². The van der Waals surface area contributed by atoms with Gasteiger partial charge in [0.05, 0.1) is 12.8 Å². The predicted octanol–water partition coefficient (Wildman–Crippen LogP) is 2.89. The van der Waals surface area contributed by atoms with Crippen LogP contribution in [0.1, 0.15) is 15.9 Å². The maximum absolute atomic E-state index is 11.3. The molecule has 0 aliphatic heterocycles. The minimum absolute atomic E-state index is 0.135. The molecule has 2 aromatic heterocycles. The number of aromatic nitrogens is 2. The lowest BCUT2D eigenvalue weighted by Crippen LogP contribution is -2.00. The average Bonchev–Trinajstić information content (AvgIpc) is 3.08. The van der Waals surface area contributed by atoms with Gasteiger partial charge in [-0.1, -0.05) is 30.3 Å². The van der Waals surface area contributed by atoms with Gasteiger partial charge in [-0.25, -0.2) is 4.79 Å². The zero-order valence-corrected chi connectivity index (χ0v) is 10.6. The maximum Gasteiger partial charge on any atom is 0.339 e. The van der Waals surface area contributed by atoms with Crippen molar-refractivity contribution in [2.75, 3.05) is 0 Å². The van der Waals surface area contributed by atoms with Gasteiger partial charge >= 0.3 is 5.97 Å². The first kappa shape index (κ1) is 12.2. The molecular weight excluding hydrogens is 256 g/mol. The molecule has 3 rings (SSSR count). The van der Waals surface area contributed by atoms with Crippen LogP contribution in [-0.4, -0.2) is 20.9 Å². The monoisotopic (exact) mass is 268 g/mol. The van der Waals surface area contributed by atoms with Gasteiger partial charge in [0, 0.05) is 6.20 Å². The van der Waals surface area contributed by atoms with Gasteiger partial charge < -0.3 is 9.52 Å². The molecule has 1 aromatic carbocycles. The quantitative estimate of drug-likeness (QED) is 0.790. The highest BCUT2D eigenvalue weighted by molar-refractivity contribution is 5.93. The number of carboxylic acid groups (broad SMARTS) is 1. The van der Waals surface area contributed by atoms with Gasteiger partial charge in [-0.3, -0.25) is 4.68 Å². The predicted molar refractivity (Wildman–Crippen MR) is 72.4 cm³/mol. The molecule has 0 fully saturated rings. The lowest BCUT2D eigenvalue weighted by Gasteiger charge is -2.00. The molecule has 0 radical (unpaired) electrons. The van der Waals surface area contributed by atoms with Crippen LogP contribution in [0.3, 0.4) is 0 Å². The Morgan fingerprint density at radius 3 is 2.65 bits per heavy atom. The van der Waals surface area contributed by atoms with Gasteiger partial charge in [0.25, 0.3) is 0 Å². The molecule has 0 aliphatic rings. The third-order valence-corrected chi connectivity index (χ3v) is 2.93. The summed E-state index contributed by atoms with van der Waals surface area (Å²) in [5.74, 6) is -0.565. The molecule has 0 amide bonds. The lowest BCUT2D eigenvalue weighted by molar-refractivity contribution is 0.0697. The molecule has 0 saturated carbocycles. The number of nitrogens with zero attached hydrogens (tertiary/aromatic N) is 2. The summed E-state index contributed by atoms with van der Waals surface area (Å²) in [6.07, 6.45) is 3.02. The third kappa shape index (κ3) is 2.33. The van der Waals surface area contributed by atoms with Crippen LogP contribution in [0.15, 0.2) is 59.3 Å². The molecule has 100 valence electrons. The number of carboxylic acids is 1. The van der Waals surface area contributed by atoms with Crippen molar-refractivity contribution in [1.29, 1.82) is 0 Å². The van der Waals surface area contributed by atoms with E-state index in [0.717, 1.165) is 5.56 Å². The van der Waals surface area contributed by atoms with Crippen LogP contribution in [0, 0.1) is 0 Å². The van der Waals surface area contributed by atoms with Crippen LogP contribution in [0.4, 0.5) is 0 Å². The standard InChI is InChI=1S/C15H12N2O3/c18-15(19)12-10-17(9-11-5-2-1-3-6-11)16-14(12)13-7-4-8-20-13/h1-8,10H,9H2,(H,18,19). The van der Waals surface area contributed by atoms with Crippen molar-refractivity contribution in [2.24, 2.45) is 0 Å². The Morgan fingerprint density at radius 2 is 2.00 bits per heavy atom.